The highest BCUT2D eigenvalue weighted by atomic mass is 16.5. The molecule has 2 atom stereocenters. The van der Waals surface area contributed by atoms with E-state index in [2.05, 4.69) is 65.1 Å². The van der Waals surface area contributed by atoms with Crippen molar-refractivity contribution in [3.8, 4) is 0 Å². The molecule has 0 radical (unpaired) electrons. The molecule has 0 fully saturated rings. The summed E-state index contributed by atoms with van der Waals surface area (Å²) < 4.78 is 4.85. The zero-order valence-electron chi connectivity index (χ0n) is 20.1. The summed E-state index contributed by atoms with van der Waals surface area (Å²) in [6.45, 7) is 13.7. The molecule has 1 amide bonds. The first kappa shape index (κ1) is 25.9. The van der Waals surface area contributed by atoms with Crippen LogP contribution in [0.15, 0.2) is 36.4 Å². The van der Waals surface area contributed by atoms with Gasteiger partial charge in [0, 0.05) is 19.9 Å². The van der Waals surface area contributed by atoms with E-state index in [0.29, 0.717) is 17.3 Å². The molecule has 0 aromatic heterocycles. The molecule has 2 aromatic carbocycles. The Labute approximate surface area is 196 Å². The van der Waals surface area contributed by atoms with Crippen LogP contribution in [0.3, 0.4) is 0 Å². The summed E-state index contributed by atoms with van der Waals surface area (Å²) in [4.78, 5) is 11.6. The quantitative estimate of drug-likeness (QED) is 0.504. The Morgan fingerprint density at radius 3 is 2.03 bits per heavy atom. The van der Waals surface area contributed by atoms with Gasteiger partial charge in [-0.05, 0) is 69.9 Å². The van der Waals surface area contributed by atoms with Crippen LogP contribution < -0.4 is 11.1 Å². The number of nitrogens with two attached hydrogens (primary N) is 1. The Kier molecular flexibility index (Phi) is 7.83. The summed E-state index contributed by atoms with van der Waals surface area (Å²) in [7, 11) is 1.53. The van der Waals surface area contributed by atoms with Gasteiger partial charge in [-0.1, -0.05) is 73.2 Å². The first-order valence-corrected chi connectivity index (χ1v) is 11.3. The van der Waals surface area contributed by atoms with Crippen LogP contribution in [-0.2, 0) is 20.4 Å². The summed E-state index contributed by atoms with van der Waals surface area (Å²) in [5.74, 6) is 1.00. The number of ether oxygens (including phenoxy) is 1. The molecule has 2 unspecified atom stereocenters. The smallest absolute Gasteiger partial charge is 0.250 e. The lowest BCUT2D eigenvalue weighted by molar-refractivity contribution is -0.119. The van der Waals surface area contributed by atoms with Crippen LogP contribution in [0, 0.1) is 0 Å². The summed E-state index contributed by atoms with van der Waals surface area (Å²) in [6.07, 6.45) is 2.34. The first-order valence-electron chi connectivity index (χ1n) is 11.3. The summed E-state index contributed by atoms with van der Waals surface area (Å²) in [5, 5.41) is 2.95. The minimum Gasteiger partial charge on any atom is -0.398 e. The third-order valence-electron chi connectivity index (χ3n) is 6.87. The number of fused-ring (bicyclic) bond motifs is 2. The van der Waals surface area contributed by atoms with E-state index in [1.807, 2.05) is 18.2 Å². The zero-order chi connectivity index (χ0) is 23.0. The van der Waals surface area contributed by atoms with Crippen molar-refractivity contribution >= 4 is 17.3 Å². The van der Waals surface area contributed by atoms with Crippen LogP contribution in [0.4, 0.5) is 11.4 Å². The molecular formula is C28H44N2O2. The topological polar surface area (TPSA) is 64.3 Å². The van der Waals surface area contributed by atoms with Gasteiger partial charge in [-0.25, -0.2) is 0 Å². The monoisotopic (exact) mass is 441 g/mol. The molecule has 32 heavy (non-hydrogen) atoms. The van der Waals surface area contributed by atoms with E-state index < -0.39 is 0 Å². The predicted molar refractivity (Wildman–Crippen MR) is 139 cm³/mol. The number of benzene rings is 2. The number of carbonyl (C=O) groups excluding carboxylic acids is 1. The summed E-state index contributed by atoms with van der Waals surface area (Å²) >= 11 is 0. The second-order valence-electron chi connectivity index (χ2n) is 10.5. The molecule has 4 heteroatoms. The van der Waals surface area contributed by atoms with Crippen LogP contribution in [-0.4, -0.2) is 19.6 Å². The summed E-state index contributed by atoms with van der Waals surface area (Å²) in [6, 6.07) is 12.5. The van der Waals surface area contributed by atoms with E-state index in [4.69, 9.17) is 10.5 Å². The van der Waals surface area contributed by atoms with Crippen LogP contribution in [0.5, 0.6) is 0 Å². The molecule has 0 saturated heterocycles. The van der Waals surface area contributed by atoms with Gasteiger partial charge in [-0.3, -0.25) is 4.79 Å². The number of nitrogen functional groups attached to an aromatic ring is 1. The van der Waals surface area contributed by atoms with Gasteiger partial charge in [0.1, 0.15) is 6.61 Å². The fourth-order valence-electron chi connectivity index (χ4n) is 5.79. The van der Waals surface area contributed by atoms with Crippen molar-refractivity contribution in [2.75, 3.05) is 24.8 Å². The zero-order valence-corrected chi connectivity index (χ0v) is 20.1. The Morgan fingerprint density at radius 1 is 1.00 bits per heavy atom. The standard InChI is InChI=1S/C15H21NO2.C12H17N.CH4.H2/c1-10-8-15(2,3)11-6-5-7-12(14(10)11)16-13(17)9-18-4;1-8-7-12(2,3)9-5-4-6-10(13)11(8)9;;/h5-7,10H,8-9H2,1-4H3,(H,16,17);4-6,8H,7,13H2,1-3H3;1H4;1H/i;;;1+1. The fourth-order valence-corrected chi connectivity index (χ4v) is 5.79. The van der Waals surface area contributed by atoms with Crippen molar-refractivity contribution in [1.82, 2.24) is 0 Å². The SMILES string of the molecule is C.CC1CC(C)(C)c2cccc(N)c21.COCC(=O)Nc1cccc2c1C(C)CC2(C)C.[2HH]. The van der Waals surface area contributed by atoms with E-state index in [1.54, 1.807) is 0 Å². The molecule has 0 heterocycles. The van der Waals surface area contributed by atoms with Gasteiger partial charge in [0.05, 0.1) is 0 Å². The van der Waals surface area contributed by atoms with Crippen molar-refractivity contribution in [2.24, 2.45) is 0 Å². The van der Waals surface area contributed by atoms with Crippen molar-refractivity contribution in [2.45, 2.75) is 84.5 Å². The third kappa shape index (κ3) is 5.01. The van der Waals surface area contributed by atoms with E-state index in [-0.39, 0.29) is 26.8 Å². The first-order chi connectivity index (χ1) is 14.5. The lowest BCUT2D eigenvalue weighted by Gasteiger charge is -2.19. The van der Waals surface area contributed by atoms with Gasteiger partial charge in [-0.15, -0.1) is 0 Å². The number of nitrogens with one attached hydrogen (secondary N) is 1. The van der Waals surface area contributed by atoms with Gasteiger partial charge < -0.3 is 15.8 Å². The van der Waals surface area contributed by atoms with E-state index in [0.717, 1.165) is 17.8 Å². The van der Waals surface area contributed by atoms with E-state index in [9.17, 15) is 4.79 Å². The Balaban J connectivity index is 0.000000324. The summed E-state index contributed by atoms with van der Waals surface area (Å²) in [5.41, 5.74) is 13.9. The molecule has 0 aliphatic heterocycles. The van der Waals surface area contributed by atoms with Gasteiger partial charge in [0.15, 0.2) is 0 Å². The highest BCUT2D eigenvalue weighted by molar-refractivity contribution is 5.93. The molecule has 0 saturated carbocycles. The third-order valence-corrected chi connectivity index (χ3v) is 6.87. The van der Waals surface area contributed by atoms with Gasteiger partial charge in [0.25, 0.3) is 0 Å². The number of hydrogen-bond donors (Lipinski definition) is 2. The second-order valence-corrected chi connectivity index (χ2v) is 10.5. The minimum absolute atomic E-state index is 0. The van der Waals surface area contributed by atoms with Crippen molar-refractivity contribution < 1.29 is 11.0 Å². The molecule has 4 nitrogen and oxygen atoms in total. The van der Waals surface area contributed by atoms with Gasteiger partial charge in [-0.2, -0.15) is 0 Å². The number of anilines is 2. The number of hydrogen-bond acceptors (Lipinski definition) is 3. The Bertz CT molecular complexity index is 968. The second kappa shape index (κ2) is 9.66. The maximum atomic E-state index is 11.6. The molecule has 0 spiro atoms. The molecule has 178 valence electrons. The molecule has 2 aromatic rings. The Hall–Kier alpha value is -2.33. The highest BCUT2D eigenvalue weighted by Crippen LogP contribution is 2.49. The van der Waals surface area contributed by atoms with Crippen molar-refractivity contribution in [3.05, 3.63) is 58.7 Å². The normalized spacial score (nSPS) is 21.5. The van der Waals surface area contributed by atoms with Crippen molar-refractivity contribution in [1.29, 1.82) is 0 Å². The number of rotatable bonds is 3. The number of methoxy groups -OCH3 is 1. The van der Waals surface area contributed by atoms with Gasteiger partial charge >= 0.3 is 0 Å². The molecule has 2 aliphatic rings. The van der Waals surface area contributed by atoms with Crippen LogP contribution in [0.25, 0.3) is 0 Å². The highest BCUT2D eigenvalue weighted by Gasteiger charge is 2.36. The molecular weight excluding hydrogens is 396 g/mol. The van der Waals surface area contributed by atoms with Gasteiger partial charge in [0.2, 0.25) is 5.91 Å². The maximum absolute atomic E-state index is 11.6. The average Bonchev–Trinajstić information content (AvgIpc) is 3.05. The molecule has 2 aliphatic carbocycles. The van der Waals surface area contributed by atoms with E-state index >= 15 is 0 Å². The van der Waals surface area contributed by atoms with Crippen LogP contribution in [0.2, 0.25) is 0 Å². The van der Waals surface area contributed by atoms with Crippen LogP contribution >= 0.6 is 0 Å². The largest absolute Gasteiger partial charge is 0.398 e. The fraction of sp³-hybridized carbons (Fsp3) is 0.536. The number of amides is 1. The lowest BCUT2D eigenvalue weighted by Crippen LogP contribution is -2.18. The lowest BCUT2D eigenvalue weighted by atomic mass is 9.86. The Morgan fingerprint density at radius 2 is 1.50 bits per heavy atom. The van der Waals surface area contributed by atoms with Crippen LogP contribution in [0.1, 0.15) is 97.3 Å². The molecule has 0 bridgehead atoms. The average molecular weight is 442 g/mol. The maximum Gasteiger partial charge on any atom is 0.250 e. The molecule has 4 rings (SSSR count). The van der Waals surface area contributed by atoms with Crippen molar-refractivity contribution in [3.63, 3.8) is 0 Å². The molecule has 3 N–H and O–H groups in total. The predicted octanol–water partition coefficient (Wildman–Crippen LogP) is 6.99. The minimum atomic E-state index is -0.0946. The van der Waals surface area contributed by atoms with E-state index in [1.165, 1.54) is 35.8 Å². The number of carbonyl (C=O) groups is 1.